The number of halogens is 1. The molecule has 1 aromatic rings. The molecule has 1 nitrogen and oxygen atoms in total. The summed E-state index contributed by atoms with van der Waals surface area (Å²) in [7, 11) is 0. The van der Waals surface area contributed by atoms with Gasteiger partial charge in [-0.05, 0) is 24.8 Å². The van der Waals surface area contributed by atoms with Crippen molar-refractivity contribution in [2.24, 2.45) is 11.7 Å². The molecule has 0 aliphatic heterocycles. The van der Waals surface area contributed by atoms with Gasteiger partial charge in [0.15, 0.2) is 0 Å². The first-order chi connectivity index (χ1) is 6.73. The number of hydrogen-bond acceptors (Lipinski definition) is 1. The van der Waals surface area contributed by atoms with Crippen molar-refractivity contribution >= 4 is 11.6 Å². The Morgan fingerprint density at radius 2 is 2.07 bits per heavy atom. The van der Waals surface area contributed by atoms with Crippen LogP contribution < -0.4 is 5.73 Å². The third-order valence-electron chi connectivity index (χ3n) is 3.41. The van der Waals surface area contributed by atoms with Gasteiger partial charge in [-0.1, -0.05) is 29.8 Å². The van der Waals surface area contributed by atoms with E-state index in [1.165, 1.54) is 11.1 Å². The van der Waals surface area contributed by atoms with Gasteiger partial charge in [-0.25, -0.2) is 0 Å². The largest absolute Gasteiger partial charge is 0.330 e. The first-order valence-corrected chi connectivity index (χ1v) is 5.59. The number of rotatable bonds is 3. The van der Waals surface area contributed by atoms with Crippen molar-refractivity contribution in [3.63, 3.8) is 0 Å². The Labute approximate surface area is 90.3 Å². The summed E-state index contributed by atoms with van der Waals surface area (Å²) in [4.78, 5) is 0. The molecule has 1 aliphatic rings. The smallest absolute Gasteiger partial charge is 0.0261 e. The quantitative estimate of drug-likeness (QED) is 0.761. The highest BCUT2D eigenvalue weighted by atomic mass is 35.5. The molecule has 0 heterocycles. The lowest BCUT2D eigenvalue weighted by molar-refractivity contribution is 0.644. The molecular formula is C12H16ClN. The van der Waals surface area contributed by atoms with Gasteiger partial charge in [-0.15, -0.1) is 11.6 Å². The van der Waals surface area contributed by atoms with Crippen LogP contribution in [0.1, 0.15) is 17.5 Å². The summed E-state index contributed by atoms with van der Waals surface area (Å²) in [5, 5.41) is 0. The zero-order valence-corrected chi connectivity index (χ0v) is 9.22. The van der Waals surface area contributed by atoms with Crippen molar-refractivity contribution in [1.82, 2.24) is 0 Å². The lowest BCUT2D eigenvalue weighted by atomic mass is 9.93. The van der Waals surface area contributed by atoms with Gasteiger partial charge < -0.3 is 5.73 Å². The average Bonchev–Trinajstić information content (AvgIpc) is 2.94. The topological polar surface area (TPSA) is 26.0 Å². The molecule has 0 bridgehead atoms. The Morgan fingerprint density at radius 3 is 2.50 bits per heavy atom. The molecule has 2 heteroatoms. The van der Waals surface area contributed by atoms with Crippen molar-refractivity contribution in [2.75, 3.05) is 12.4 Å². The Bertz CT molecular complexity index is 320. The fraction of sp³-hybridized carbons (Fsp3) is 0.500. The maximum atomic E-state index is 5.89. The highest BCUT2D eigenvalue weighted by molar-refractivity contribution is 6.18. The number of aryl methyl sites for hydroxylation is 1. The molecular weight excluding hydrogens is 194 g/mol. The van der Waals surface area contributed by atoms with Gasteiger partial charge in [0.1, 0.15) is 0 Å². The van der Waals surface area contributed by atoms with Gasteiger partial charge in [-0.2, -0.15) is 0 Å². The van der Waals surface area contributed by atoms with Crippen LogP contribution in [0.3, 0.4) is 0 Å². The molecule has 0 radical (unpaired) electrons. The molecule has 2 rings (SSSR count). The SMILES string of the molecule is Cc1ccc([C@@]2(CN)C[C@H]2CCl)cc1. The van der Waals surface area contributed by atoms with E-state index in [0.29, 0.717) is 12.5 Å². The first kappa shape index (κ1) is 10.0. The lowest BCUT2D eigenvalue weighted by Gasteiger charge is -2.15. The zero-order chi connectivity index (χ0) is 10.2. The van der Waals surface area contributed by atoms with Crippen molar-refractivity contribution < 1.29 is 0 Å². The molecule has 0 spiro atoms. The Balaban J connectivity index is 2.26. The maximum Gasteiger partial charge on any atom is 0.0261 e. The summed E-state index contributed by atoms with van der Waals surface area (Å²) in [6.45, 7) is 2.82. The molecule has 76 valence electrons. The standard InChI is InChI=1S/C12H16ClN/c1-9-2-4-10(5-3-9)12(8-14)6-11(12)7-13/h2-5,11H,6-8,14H2,1H3/t11-,12-/m0/s1. The van der Waals surface area contributed by atoms with Crippen LogP contribution in [0.2, 0.25) is 0 Å². The van der Waals surface area contributed by atoms with E-state index in [4.69, 9.17) is 17.3 Å². The summed E-state index contributed by atoms with van der Waals surface area (Å²) >= 11 is 5.89. The molecule has 1 aromatic carbocycles. The Kier molecular flexibility index (Phi) is 2.54. The molecule has 2 N–H and O–H groups in total. The van der Waals surface area contributed by atoms with Crippen molar-refractivity contribution in [3.05, 3.63) is 35.4 Å². The second-order valence-corrected chi connectivity index (χ2v) is 4.59. The maximum absolute atomic E-state index is 5.89. The van der Waals surface area contributed by atoms with Crippen LogP contribution in [0, 0.1) is 12.8 Å². The van der Waals surface area contributed by atoms with E-state index >= 15 is 0 Å². The van der Waals surface area contributed by atoms with Gasteiger partial charge in [0.25, 0.3) is 0 Å². The van der Waals surface area contributed by atoms with E-state index in [9.17, 15) is 0 Å². The fourth-order valence-electron chi connectivity index (χ4n) is 2.19. The predicted molar refractivity (Wildman–Crippen MR) is 60.7 cm³/mol. The van der Waals surface area contributed by atoms with Gasteiger partial charge in [-0.3, -0.25) is 0 Å². The number of alkyl halides is 1. The monoisotopic (exact) mass is 209 g/mol. The minimum atomic E-state index is 0.190. The Morgan fingerprint density at radius 1 is 1.43 bits per heavy atom. The third-order valence-corrected chi connectivity index (χ3v) is 3.78. The summed E-state index contributed by atoms with van der Waals surface area (Å²) in [5.74, 6) is 1.31. The molecule has 2 atom stereocenters. The normalized spacial score (nSPS) is 30.4. The number of nitrogens with two attached hydrogens (primary N) is 1. The highest BCUT2D eigenvalue weighted by Crippen LogP contribution is 2.53. The van der Waals surface area contributed by atoms with Crippen LogP contribution in [-0.2, 0) is 5.41 Å². The van der Waals surface area contributed by atoms with Gasteiger partial charge in [0, 0.05) is 17.8 Å². The molecule has 0 aromatic heterocycles. The number of benzene rings is 1. The van der Waals surface area contributed by atoms with Crippen molar-refractivity contribution in [1.29, 1.82) is 0 Å². The van der Waals surface area contributed by atoms with E-state index in [2.05, 4.69) is 31.2 Å². The van der Waals surface area contributed by atoms with Crippen molar-refractivity contribution in [3.8, 4) is 0 Å². The van der Waals surface area contributed by atoms with E-state index in [1.54, 1.807) is 0 Å². The fourth-order valence-corrected chi connectivity index (χ4v) is 2.59. The summed E-state index contributed by atoms with van der Waals surface area (Å²) in [6, 6.07) is 8.68. The molecule has 0 saturated heterocycles. The predicted octanol–water partition coefficient (Wildman–Crippen LogP) is 2.45. The second kappa shape index (κ2) is 3.56. The zero-order valence-electron chi connectivity index (χ0n) is 8.46. The van der Waals surface area contributed by atoms with Gasteiger partial charge in [0.2, 0.25) is 0 Å². The highest BCUT2D eigenvalue weighted by Gasteiger charge is 2.53. The van der Waals surface area contributed by atoms with Crippen LogP contribution in [0.25, 0.3) is 0 Å². The summed E-state index contributed by atoms with van der Waals surface area (Å²) in [6.07, 6.45) is 1.15. The van der Waals surface area contributed by atoms with E-state index in [0.717, 1.165) is 12.3 Å². The van der Waals surface area contributed by atoms with Crippen molar-refractivity contribution in [2.45, 2.75) is 18.8 Å². The molecule has 0 unspecified atom stereocenters. The Hall–Kier alpha value is -0.530. The van der Waals surface area contributed by atoms with Crippen LogP contribution in [-0.4, -0.2) is 12.4 Å². The molecule has 1 saturated carbocycles. The number of hydrogen-bond donors (Lipinski definition) is 1. The van der Waals surface area contributed by atoms with E-state index in [1.807, 2.05) is 0 Å². The lowest BCUT2D eigenvalue weighted by Crippen LogP contribution is -2.22. The second-order valence-electron chi connectivity index (χ2n) is 4.28. The van der Waals surface area contributed by atoms with Gasteiger partial charge >= 0.3 is 0 Å². The minimum absolute atomic E-state index is 0.190. The third kappa shape index (κ3) is 1.45. The summed E-state index contributed by atoms with van der Waals surface area (Å²) < 4.78 is 0. The molecule has 1 fully saturated rings. The first-order valence-electron chi connectivity index (χ1n) is 5.06. The minimum Gasteiger partial charge on any atom is -0.330 e. The molecule has 0 amide bonds. The van der Waals surface area contributed by atoms with Gasteiger partial charge in [0.05, 0.1) is 0 Å². The average molecular weight is 210 g/mol. The van der Waals surface area contributed by atoms with Crippen LogP contribution in [0.5, 0.6) is 0 Å². The molecule has 1 aliphatic carbocycles. The molecule has 14 heavy (non-hydrogen) atoms. The van der Waals surface area contributed by atoms with Crippen LogP contribution in [0.4, 0.5) is 0 Å². The van der Waals surface area contributed by atoms with E-state index < -0.39 is 0 Å². The van der Waals surface area contributed by atoms with Crippen LogP contribution in [0.15, 0.2) is 24.3 Å². The summed E-state index contributed by atoms with van der Waals surface area (Å²) in [5.41, 5.74) is 8.69. The van der Waals surface area contributed by atoms with Crippen LogP contribution >= 0.6 is 11.6 Å². The van der Waals surface area contributed by atoms with E-state index in [-0.39, 0.29) is 5.41 Å².